The molecule has 2 atom stereocenters. The van der Waals surface area contributed by atoms with E-state index in [2.05, 4.69) is 37.4 Å². The van der Waals surface area contributed by atoms with Crippen LogP contribution < -0.4 is 5.32 Å². The Morgan fingerprint density at radius 3 is 2.88 bits per heavy atom. The molecule has 88 valence electrons. The number of nitrogens with one attached hydrogen (secondary N) is 1. The molecular weight excluding hydrogens is 198 g/mol. The molecule has 1 fully saturated rings. The highest BCUT2D eigenvalue weighted by Gasteiger charge is 2.36. The van der Waals surface area contributed by atoms with Gasteiger partial charge in [0.25, 0.3) is 0 Å². The van der Waals surface area contributed by atoms with Gasteiger partial charge in [0.15, 0.2) is 0 Å². The average Bonchev–Trinajstić information content (AvgIpc) is 2.83. The monoisotopic (exact) mass is 219 g/mol. The highest BCUT2D eigenvalue weighted by atomic mass is 16.3. The molecule has 16 heavy (non-hydrogen) atoms. The molecule has 2 heteroatoms. The Morgan fingerprint density at radius 2 is 2.31 bits per heavy atom. The van der Waals surface area contributed by atoms with Crippen molar-refractivity contribution in [2.75, 3.05) is 13.6 Å². The molecule has 1 aromatic heterocycles. The van der Waals surface area contributed by atoms with Crippen LogP contribution in [0, 0.1) is 5.92 Å². The van der Waals surface area contributed by atoms with Crippen molar-refractivity contribution in [2.24, 2.45) is 5.92 Å². The average molecular weight is 219 g/mol. The second-order valence-corrected chi connectivity index (χ2v) is 4.75. The van der Waals surface area contributed by atoms with Gasteiger partial charge in [-0.1, -0.05) is 19.4 Å². The van der Waals surface area contributed by atoms with Crippen molar-refractivity contribution in [3.05, 3.63) is 29.2 Å². The Labute approximate surface area is 97.7 Å². The van der Waals surface area contributed by atoms with Gasteiger partial charge >= 0.3 is 0 Å². The third-order valence-corrected chi connectivity index (χ3v) is 3.33. The lowest BCUT2D eigenvalue weighted by Gasteiger charge is -2.01. The largest absolute Gasteiger partial charge is 0.461 e. The molecule has 0 saturated heterocycles. The molecule has 2 unspecified atom stereocenters. The summed E-state index contributed by atoms with van der Waals surface area (Å²) in [6, 6.07) is 4.22. The van der Waals surface area contributed by atoms with E-state index in [0.717, 1.165) is 24.6 Å². The molecule has 0 amide bonds. The molecule has 2 rings (SSSR count). The fraction of sp³-hybridized carbons (Fsp3) is 0.571. The summed E-state index contributed by atoms with van der Waals surface area (Å²) in [7, 11) is 1.98. The Morgan fingerprint density at radius 1 is 1.56 bits per heavy atom. The maximum absolute atomic E-state index is 5.85. The van der Waals surface area contributed by atoms with Crippen molar-refractivity contribution in [2.45, 2.75) is 32.6 Å². The molecule has 0 bridgehead atoms. The smallest absolute Gasteiger partial charge is 0.127 e. The first-order valence-electron chi connectivity index (χ1n) is 6.18. The molecule has 1 heterocycles. The van der Waals surface area contributed by atoms with Gasteiger partial charge in [0.05, 0.1) is 0 Å². The van der Waals surface area contributed by atoms with Crippen LogP contribution in [0.2, 0.25) is 0 Å². The van der Waals surface area contributed by atoms with Crippen molar-refractivity contribution in [3.63, 3.8) is 0 Å². The zero-order chi connectivity index (χ0) is 11.5. The van der Waals surface area contributed by atoms with E-state index in [1.54, 1.807) is 0 Å². The van der Waals surface area contributed by atoms with Crippen molar-refractivity contribution in [1.82, 2.24) is 5.32 Å². The van der Waals surface area contributed by atoms with Gasteiger partial charge in [-0.05, 0) is 44.0 Å². The zero-order valence-electron chi connectivity index (χ0n) is 10.4. The summed E-state index contributed by atoms with van der Waals surface area (Å²) in [6.45, 7) is 5.39. The van der Waals surface area contributed by atoms with Gasteiger partial charge in [0, 0.05) is 12.5 Å². The van der Waals surface area contributed by atoms with E-state index in [0.29, 0.717) is 5.92 Å². The maximum Gasteiger partial charge on any atom is 0.127 e. The SMILES string of the molecule is CCC(=Cc1ccc(C2CC2C)o1)CNC. The lowest BCUT2D eigenvalue weighted by atomic mass is 10.2. The van der Waals surface area contributed by atoms with E-state index in [1.165, 1.54) is 17.8 Å². The molecule has 1 aliphatic carbocycles. The van der Waals surface area contributed by atoms with Crippen LogP contribution in [0.3, 0.4) is 0 Å². The number of rotatable bonds is 5. The minimum absolute atomic E-state index is 0.677. The third-order valence-electron chi connectivity index (χ3n) is 3.33. The van der Waals surface area contributed by atoms with E-state index < -0.39 is 0 Å². The predicted octanol–water partition coefficient (Wildman–Crippen LogP) is 3.42. The van der Waals surface area contributed by atoms with E-state index in [4.69, 9.17) is 4.42 Å². The highest BCUT2D eigenvalue weighted by Crippen LogP contribution is 2.47. The van der Waals surface area contributed by atoms with Crippen molar-refractivity contribution in [1.29, 1.82) is 0 Å². The van der Waals surface area contributed by atoms with Crippen LogP contribution in [-0.2, 0) is 0 Å². The van der Waals surface area contributed by atoms with Crippen LogP contribution in [0.1, 0.15) is 44.1 Å². The van der Waals surface area contributed by atoms with Crippen molar-refractivity contribution < 1.29 is 4.42 Å². The van der Waals surface area contributed by atoms with Crippen LogP contribution in [0.25, 0.3) is 6.08 Å². The fourth-order valence-electron chi connectivity index (χ4n) is 2.07. The standard InChI is InChI=1S/C14H21NO/c1-4-11(9-15-3)8-12-5-6-14(16-12)13-7-10(13)2/h5-6,8,10,13,15H,4,7,9H2,1-3H3. The number of furan rings is 1. The summed E-state index contributed by atoms with van der Waals surface area (Å²) in [5.74, 6) is 3.65. The molecule has 1 aliphatic rings. The molecule has 0 aromatic carbocycles. The summed E-state index contributed by atoms with van der Waals surface area (Å²) in [5, 5.41) is 3.18. The van der Waals surface area contributed by atoms with Gasteiger partial charge in [0.2, 0.25) is 0 Å². The summed E-state index contributed by atoms with van der Waals surface area (Å²) < 4.78 is 5.85. The molecular formula is C14H21NO. The lowest BCUT2D eigenvalue weighted by molar-refractivity contribution is 0.497. The molecule has 1 aromatic rings. The van der Waals surface area contributed by atoms with Gasteiger partial charge in [-0.25, -0.2) is 0 Å². The Kier molecular flexibility index (Phi) is 3.49. The van der Waals surface area contributed by atoms with Crippen LogP contribution in [0.5, 0.6) is 0 Å². The van der Waals surface area contributed by atoms with E-state index in [9.17, 15) is 0 Å². The Hall–Kier alpha value is -1.02. The first-order chi connectivity index (χ1) is 7.74. The van der Waals surface area contributed by atoms with Gasteiger partial charge in [0.1, 0.15) is 11.5 Å². The van der Waals surface area contributed by atoms with E-state index in [1.807, 2.05) is 7.05 Å². The quantitative estimate of drug-likeness (QED) is 0.821. The second-order valence-electron chi connectivity index (χ2n) is 4.75. The second kappa shape index (κ2) is 4.88. The minimum atomic E-state index is 0.677. The summed E-state index contributed by atoms with van der Waals surface area (Å²) in [5.41, 5.74) is 1.38. The summed E-state index contributed by atoms with van der Waals surface area (Å²) in [6.07, 6.45) is 4.51. The fourth-order valence-corrected chi connectivity index (χ4v) is 2.07. The molecule has 0 aliphatic heterocycles. The van der Waals surface area contributed by atoms with Crippen LogP contribution in [0.15, 0.2) is 22.1 Å². The van der Waals surface area contributed by atoms with Crippen LogP contribution >= 0.6 is 0 Å². The van der Waals surface area contributed by atoms with Crippen LogP contribution in [-0.4, -0.2) is 13.6 Å². The van der Waals surface area contributed by atoms with Crippen molar-refractivity contribution >= 4 is 6.08 Å². The number of hydrogen-bond donors (Lipinski definition) is 1. The normalized spacial score (nSPS) is 24.8. The van der Waals surface area contributed by atoms with E-state index in [-0.39, 0.29) is 0 Å². The van der Waals surface area contributed by atoms with Gasteiger partial charge in [-0.15, -0.1) is 0 Å². The summed E-state index contributed by atoms with van der Waals surface area (Å²) in [4.78, 5) is 0. The topological polar surface area (TPSA) is 25.2 Å². The predicted molar refractivity (Wildman–Crippen MR) is 67.4 cm³/mol. The Balaban J connectivity index is 2.06. The highest BCUT2D eigenvalue weighted by molar-refractivity contribution is 5.48. The maximum atomic E-state index is 5.85. The number of hydrogen-bond acceptors (Lipinski definition) is 2. The first kappa shape index (κ1) is 11.5. The van der Waals surface area contributed by atoms with Crippen LogP contribution in [0.4, 0.5) is 0 Å². The van der Waals surface area contributed by atoms with E-state index >= 15 is 0 Å². The Bertz CT molecular complexity index is 378. The third kappa shape index (κ3) is 2.56. The molecule has 2 nitrogen and oxygen atoms in total. The van der Waals surface area contributed by atoms with Crippen molar-refractivity contribution in [3.8, 4) is 0 Å². The molecule has 0 spiro atoms. The number of likely N-dealkylation sites (N-methyl/N-ethyl adjacent to an activating group) is 1. The lowest BCUT2D eigenvalue weighted by Crippen LogP contribution is -2.09. The van der Waals surface area contributed by atoms with Gasteiger partial charge in [-0.3, -0.25) is 0 Å². The zero-order valence-corrected chi connectivity index (χ0v) is 10.4. The molecule has 1 N–H and O–H groups in total. The molecule has 0 radical (unpaired) electrons. The summed E-state index contributed by atoms with van der Waals surface area (Å²) >= 11 is 0. The minimum Gasteiger partial charge on any atom is -0.461 e. The van der Waals surface area contributed by atoms with Gasteiger partial charge < -0.3 is 9.73 Å². The van der Waals surface area contributed by atoms with Gasteiger partial charge in [-0.2, -0.15) is 0 Å². The first-order valence-corrected chi connectivity index (χ1v) is 6.18. The molecule has 1 saturated carbocycles.